The Labute approximate surface area is 98.9 Å². The fourth-order valence-electron chi connectivity index (χ4n) is 1.92. The maximum atomic E-state index is 11.9. The molecule has 0 aromatic heterocycles. The Hall–Kier alpha value is -0.570. The second kappa shape index (κ2) is 6.89. The molecule has 3 nitrogen and oxygen atoms in total. The predicted molar refractivity (Wildman–Crippen MR) is 65.3 cm³/mol. The lowest BCUT2D eigenvalue weighted by Crippen LogP contribution is -2.41. The van der Waals surface area contributed by atoms with Gasteiger partial charge in [-0.2, -0.15) is 0 Å². The lowest BCUT2D eigenvalue weighted by atomic mass is 9.81. The van der Waals surface area contributed by atoms with Gasteiger partial charge in [-0.25, -0.2) is 0 Å². The van der Waals surface area contributed by atoms with Gasteiger partial charge >= 0.3 is 0 Å². The Morgan fingerprint density at radius 1 is 1.44 bits per heavy atom. The van der Waals surface area contributed by atoms with E-state index >= 15 is 0 Å². The fourth-order valence-corrected chi connectivity index (χ4v) is 1.92. The number of carbonyl (C=O) groups is 1. The second-order valence-corrected chi connectivity index (χ2v) is 5.06. The summed E-state index contributed by atoms with van der Waals surface area (Å²) in [5.74, 6) is 0.773. The first-order chi connectivity index (χ1) is 7.63. The van der Waals surface area contributed by atoms with E-state index in [2.05, 4.69) is 12.2 Å². The number of nitrogens with one attached hydrogen (secondary N) is 1. The highest BCUT2D eigenvalue weighted by Gasteiger charge is 2.27. The van der Waals surface area contributed by atoms with Crippen LogP contribution in [0.2, 0.25) is 0 Å². The Balaban J connectivity index is 2.37. The van der Waals surface area contributed by atoms with E-state index in [9.17, 15) is 4.79 Å². The van der Waals surface area contributed by atoms with Gasteiger partial charge in [0.2, 0.25) is 5.91 Å². The summed E-state index contributed by atoms with van der Waals surface area (Å²) in [6, 6.07) is 0.196. The molecule has 0 saturated heterocycles. The summed E-state index contributed by atoms with van der Waals surface area (Å²) < 4.78 is 5.65. The number of ether oxygens (including phenoxy) is 1. The molecule has 0 radical (unpaired) electrons. The summed E-state index contributed by atoms with van der Waals surface area (Å²) in [7, 11) is 0. The van der Waals surface area contributed by atoms with Crippen molar-refractivity contribution >= 4 is 5.91 Å². The third-order valence-electron chi connectivity index (χ3n) is 3.02. The van der Waals surface area contributed by atoms with Crippen molar-refractivity contribution in [1.29, 1.82) is 0 Å². The average Bonchev–Trinajstić information content (AvgIpc) is 2.14. The van der Waals surface area contributed by atoms with Gasteiger partial charge in [0.15, 0.2) is 0 Å². The molecule has 0 spiro atoms. The Bertz CT molecular complexity index is 212. The average molecular weight is 227 g/mol. The molecule has 94 valence electrons. The van der Waals surface area contributed by atoms with Gasteiger partial charge in [0.1, 0.15) is 6.10 Å². The van der Waals surface area contributed by atoms with Gasteiger partial charge in [0.05, 0.1) is 0 Å². The highest BCUT2D eigenvalue weighted by atomic mass is 16.5. The first-order valence-corrected chi connectivity index (χ1v) is 6.55. The van der Waals surface area contributed by atoms with Crippen LogP contribution in [0.3, 0.4) is 0 Å². The minimum absolute atomic E-state index is 0.0651. The first-order valence-electron chi connectivity index (χ1n) is 6.55. The van der Waals surface area contributed by atoms with E-state index < -0.39 is 0 Å². The van der Waals surface area contributed by atoms with E-state index in [0.29, 0.717) is 12.5 Å². The molecule has 0 bridgehead atoms. The van der Waals surface area contributed by atoms with Crippen molar-refractivity contribution in [2.75, 3.05) is 6.61 Å². The van der Waals surface area contributed by atoms with E-state index in [1.54, 1.807) is 0 Å². The number of amides is 1. The van der Waals surface area contributed by atoms with E-state index in [1.807, 2.05) is 13.8 Å². The van der Waals surface area contributed by atoms with E-state index in [0.717, 1.165) is 12.8 Å². The molecule has 1 amide bonds. The summed E-state index contributed by atoms with van der Waals surface area (Å²) in [5.41, 5.74) is 0. The molecule has 0 aromatic carbocycles. The normalized spacial score (nSPS) is 18.2. The Morgan fingerprint density at radius 3 is 2.56 bits per heavy atom. The van der Waals surface area contributed by atoms with Crippen LogP contribution < -0.4 is 5.32 Å². The zero-order chi connectivity index (χ0) is 12.0. The van der Waals surface area contributed by atoms with Crippen molar-refractivity contribution in [2.24, 2.45) is 5.92 Å². The van der Waals surface area contributed by atoms with Crippen LogP contribution in [0.5, 0.6) is 0 Å². The molecular weight excluding hydrogens is 202 g/mol. The minimum Gasteiger partial charge on any atom is -0.368 e. The molecule has 1 atom stereocenters. The lowest BCUT2D eigenvalue weighted by molar-refractivity contribution is -0.135. The SMILES string of the molecule is CCCOC(CC1CCC1)C(=O)NC(C)C. The summed E-state index contributed by atoms with van der Waals surface area (Å²) in [4.78, 5) is 11.9. The number of hydrogen-bond donors (Lipinski definition) is 1. The molecule has 3 heteroatoms. The molecule has 1 N–H and O–H groups in total. The zero-order valence-corrected chi connectivity index (χ0v) is 10.8. The topological polar surface area (TPSA) is 38.3 Å². The molecule has 1 unspecified atom stereocenters. The lowest BCUT2D eigenvalue weighted by Gasteiger charge is -2.29. The van der Waals surface area contributed by atoms with Crippen LogP contribution in [0.4, 0.5) is 0 Å². The monoisotopic (exact) mass is 227 g/mol. The Kier molecular flexibility index (Phi) is 5.81. The molecular formula is C13H25NO2. The highest BCUT2D eigenvalue weighted by molar-refractivity contribution is 5.81. The van der Waals surface area contributed by atoms with Crippen LogP contribution >= 0.6 is 0 Å². The van der Waals surface area contributed by atoms with Gasteiger partial charge < -0.3 is 10.1 Å². The largest absolute Gasteiger partial charge is 0.368 e. The molecule has 16 heavy (non-hydrogen) atoms. The van der Waals surface area contributed by atoms with Crippen molar-refractivity contribution < 1.29 is 9.53 Å². The molecule has 1 rings (SSSR count). The predicted octanol–water partition coefficient (Wildman–Crippen LogP) is 2.50. The molecule has 1 fully saturated rings. The van der Waals surface area contributed by atoms with Crippen LogP contribution in [0, 0.1) is 5.92 Å². The number of carbonyl (C=O) groups excluding carboxylic acids is 1. The molecule has 0 aliphatic heterocycles. The van der Waals surface area contributed by atoms with E-state index in [1.165, 1.54) is 19.3 Å². The van der Waals surface area contributed by atoms with Crippen LogP contribution in [-0.2, 0) is 9.53 Å². The van der Waals surface area contributed by atoms with Crippen LogP contribution in [0.25, 0.3) is 0 Å². The molecule has 1 aliphatic rings. The zero-order valence-electron chi connectivity index (χ0n) is 10.8. The number of hydrogen-bond acceptors (Lipinski definition) is 2. The van der Waals surface area contributed by atoms with Gasteiger partial charge in [0, 0.05) is 12.6 Å². The number of rotatable bonds is 7. The van der Waals surface area contributed by atoms with Crippen LogP contribution in [0.1, 0.15) is 52.9 Å². The summed E-state index contributed by atoms with van der Waals surface area (Å²) in [5, 5.41) is 2.94. The second-order valence-electron chi connectivity index (χ2n) is 5.06. The molecule has 0 aromatic rings. The van der Waals surface area contributed by atoms with Crippen molar-refractivity contribution in [3.05, 3.63) is 0 Å². The van der Waals surface area contributed by atoms with E-state index in [-0.39, 0.29) is 18.1 Å². The quantitative estimate of drug-likeness (QED) is 0.725. The smallest absolute Gasteiger partial charge is 0.249 e. The molecule has 1 aliphatic carbocycles. The maximum absolute atomic E-state index is 11.9. The van der Waals surface area contributed by atoms with Gasteiger partial charge in [0.25, 0.3) is 0 Å². The van der Waals surface area contributed by atoms with Crippen LogP contribution in [0.15, 0.2) is 0 Å². The van der Waals surface area contributed by atoms with Gasteiger partial charge in [-0.1, -0.05) is 26.2 Å². The van der Waals surface area contributed by atoms with Crippen LogP contribution in [-0.4, -0.2) is 24.7 Å². The van der Waals surface area contributed by atoms with Crippen molar-refractivity contribution in [1.82, 2.24) is 5.32 Å². The van der Waals surface area contributed by atoms with Gasteiger partial charge in [-0.3, -0.25) is 4.79 Å². The third-order valence-corrected chi connectivity index (χ3v) is 3.02. The Morgan fingerprint density at radius 2 is 2.12 bits per heavy atom. The van der Waals surface area contributed by atoms with Crippen molar-refractivity contribution in [3.8, 4) is 0 Å². The van der Waals surface area contributed by atoms with E-state index in [4.69, 9.17) is 4.74 Å². The van der Waals surface area contributed by atoms with Crippen molar-refractivity contribution in [3.63, 3.8) is 0 Å². The highest BCUT2D eigenvalue weighted by Crippen LogP contribution is 2.31. The third kappa shape index (κ3) is 4.52. The van der Waals surface area contributed by atoms with Gasteiger partial charge in [-0.05, 0) is 32.6 Å². The minimum atomic E-state index is -0.229. The summed E-state index contributed by atoms with van der Waals surface area (Å²) >= 11 is 0. The molecule has 1 saturated carbocycles. The maximum Gasteiger partial charge on any atom is 0.249 e. The first kappa shape index (κ1) is 13.5. The van der Waals surface area contributed by atoms with Gasteiger partial charge in [-0.15, -0.1) is 0 Å². The summed E-state index contributed by atoms with van der Waals surface area (Å²) in [6.45, 7) is 6.72. The fraction of sp³-hybridized carbons (Fsp3) is 0.923. The standard InChI is InChI=1S/C13H25NO2/c1-4-8-16-12(9-11-6-5-7-11)13(15)14-10(2)3/h10-12H,4-9H2,1-3H3,(H,14,15). The molecule has 0 heterocycles. The summed E-state index contributed by atoms with van der Waals surface area (Å²) in [6.07, 6.45) is 5.49. The van der Waals surface area contributed by atoms with Crippen molar-refractivity contribution in [2.45, 2.75) is 65.0 Å².